The number of anilines is 1. The minimum absolute atomic E-state index is 0.108. The summed E-state index contributed by atoms with van der Waals surface area (Å²) in [6.45, 7) is 2.84. The molecule has 0 saturated heterocycles. The van der Waals surface area contributed by atoms with Gasteiger partial charge in [0, 0.05) is 47.0 Å². The molecular formula is C35H39N11O8. The monoisotopic (exact) mass is 741 g/mol. The molecule has 5 heterocycles. The molecule has 2 aromatic carbocycles. The molecule has 0 spiro atoms. The van der Waals surface area contributed by atoms with Crippen molar-refractivity contribution in [2.75, 3.05) is 24.5 Å². The maximum Gasteiger partial charge on any atom is 0.332 e. The minimum Gasteiger partial charge on any atom is -0.480 e. The van der Waals surface area contributed by atoms with Gasteiger partial charge in [-0.25, -0.2) is 19.6 Å². The summed E-state index contributed by atoms with van der Waals surface area (Å²) in [5, 5.41) is 20.8. The molecular weight excluding hydrogens is 702 g/mol. The highest BCUT2D eigenvalue weighted by Gasteiger charge is 2.17. The first-order valence-electron chi connectivity index (χ1n) is 16.5. The van der Waals surface area contributed by atoms with Crippen LogP contribution in [0.4, 0.5) is 5.69 Å². The Morgan fingerprint density at radius 2 is 1.15 bits per heavy atom. The zero-order valence-electron chi connectivity index (χ0n) is 30.0. The van der Waals surface area contributed by atoms with Crippen LogP contribution in [0, 0.1) is 0 Å². The van der Waals surface area contributed by atoms with Crippen LogP contribution in [-0.4, -0.2) is 85.0 Å². The van der Waals surface area contributed by atoms with Crippen molar-refractivity contribution in [2.24, 2.45) is 33.2 Å². The van der Waals surface area contributed by atoms with Crippen LogP contribution in [0.1, 0.15) is 5.56 Å². The van der Waals surface area contributed by atoms with E-state index in [2.05, 4.69) is 85.8 Å². The Labute approximate surface area is 305 Å². The number of aromatic nitrogens is 8. The second kappa shape index (κ2) is 16.5. The van der Waals surface area contributed by atoms with Crippen LogP contribution in [0.25, 0.3) is 22.3 Å². The number of aliphatic imine (C=N–C) groups is 1. The van der Waals surface area contributed by atoms with E-state index in [9.17, 15) is 28.8 Å². The van der Waals surface area contributed by atoms with E-state index in [1.807, 2.05) is 0 Å². The molecule has 7 rings (SSSR count). The molecule has 3 N–H and O–H groups in total. The molecule has 0 fully saturated rings. The van der Waals surface area contributed by atoms with E-state index in [-0.39, 0.29) is 35.4 Å². The Morgan fingerprint density at radius 1 is 0.685 bits per heavy atom. The third-order valence-electron chi connectivity index (χ3n) is 8.47. The number of carboxylic acid groups (broad SMARTS) is 2. The highest BCUT2D eigenvalue weighted by molar-refractivity contribution is 5.88. The van der Waals surface area contributed by atoms with Crippen molar-refractivity contribution in [3.05, 3.63) is 121 Å². The van der Waals surface area contributed by atoms with E-state index in [0.29, 0.717) is 0 Å². The lowest BCUT2D eigenvalue weighted by Crippen LogP contribution is -2.37. The number of nitrogens with one attached hydrogen (secondary N) is 1. The predicted molar refractivity (Wildman–Crippen MR) is 200 cm³/mol. The average molecular weight is 742 g/mol. The fraction of sp³-hybridized carbons (Fsp3) is 0.286. The van der Waals surface area contributed by atoms with Crippen LogP contribution >= 0.6 is 0 Å². The molecule has 282 valence electrons. The predicted octanol–water partition coefficient (Wildman–Crippen LogP) is -0.268. The molecule has 1 aliphatic heterocycles. The lowest BCUT2D eigenvalue weighted by atomic mass is 10.2. The summed E-state index contributed by atoms with van der Waals surface area (Å²) < 4.78 is 6.66. The second-order valence-corrected chi connectivity index (χ2v) is 12.2. The lowest BCUT2D eigenvalue weighted by Gasteiger charge is -2.25. The Hall–Kier alpha value is -7.05. The number of nitrogens with zero attached hydrogens (tertiary/aromatic N) is 10. The zero-order valence-corrected chi connectivity index (χ0v) is 30.0. The molecule has 0 aliphatic carbocycles. The molecule has 19 heteroatoms. The molecule has 4 aromatic heterocycles. The van der Waals surface area contributed by atoms with Gasteiger partial charge in [-0.2, -0.15) is 0 Å². The van der Waals surface area contributed by atoms with E-state index in [4.69, 9.17) is 10.2 Å². The molecule has 6 aromatic rings. The Bertz CT molecular complexity index is 2450. The summed E-state index contributed by atoms with van der Waals surface area (Å²) in [5.74, 6) is -1.08. The number of hydrogen-bond donors (Lipinski definition) is 3. The number of hydrogen-bond acceptors (Lipinski definition) is 11. The van der Waals surface area contributed by atoms with Gasteiger partial charge in [0.2, 0.25) is 0 Å². The first kappa shape index (κ1) is 38.2. The summed E-state index contributed by atoms with van der Waals surface area (Å²) in [5.41, 5.74) is 1.02. The molecule has 0 bridgehead atoms. The molecule has 0 saturated carbocycles. The number of amidine groups is 1. The number of carboxylic acids is 2. The molecule has 0 radical (unpaired) electrons. The van der Waals surface area contributed by atoms with Crippen molar-refractivity contribution in [1.29, 1.82) is 0 Å². The summed E-state index contributed by atoms with van der Waals surface area (Å²) in [4.78, 5) is 82.8. The van der Waals surface area contributed by atoms with Crippen LogP contribution in [0.2, 0.25) is 0 Å². The van der Waals surface area contributed by atoms with E-state index >= 15 is 0 Å². The van der Waals surface area contributed by atoms with Crippen molar-refractivity contribution < 1.29 is 19.8 Å². The number of aryl methyl sites for hydroxylation is 2. The molecule has 0 amide bonds. The van der Waals surface area contributed by atoms with Gasteiger partial charge < -0.3 is 29.6 Å². The summed E-state index contributed by atoms with van der Waals surface area (Å²) in [6, 6.07) is 21.1. The number of imidazole rings is 2. The van der Waals surface area contributed by atoms with Gasteiger partial charge in [0.05, 0.1) is 25.7 Å². The number of para-hydroxylation sites is 1. The topological polar surface area (TPSA) is 226 Å². The second-order valence-electron chi connectivity index (χ2n) is 12.2. The summed E-state index contributed by atoms with van der Waals surface area (Å²) >= 11 is 0. The summed E-state index contributed by atoms with van der Waals surface area (Å²) in [7, 11) is 5.62. The minimum atomic E-state index is -1.08. The van der Waals surface area contributed by atoms with Crippen molar-refractivity contribution in [3.8, 4) is 0 Å². The Balaban J connectivity index is 0.000000157. The largest absolute Gasteiger partial charge is 0.480 e. The third kappa shape index (κ3) is 8.35. The zero-order chi connectivity index (χ0) is 39.1. The maximum absolute atomic E-state index is 11.9. The van der Waals surface area contributed by atoms with Crippen molar-refractivity contribution >= 4 is 45.8 Å². The van der Waals surface area contributed by atoms with Gasteiger partial charge in [-0.1, -0.05) is 48.5 Å². The van der Waals surface area contributed by atoms with Crippen LogP contribution in [0.5, 0.6) is 0 Å². The average Bonchev–Trinajstić information content (AvgIpc) is 3.93. The van der Waals surface area contributed by atoms with E-state index in [0.717, 1.165) is 41.1 Å². The van der Waals surface area contributed by atoms with Crippen molar-refractivity contribution in [3.63, 3.8) is 0 Å². The van der Waals surface area contributed by atoms with Crippen molar-refractivity contribution in [1.82, 2.24) is 42.7 Å². The maximum atomic E-state index is 11.9. The summed E-state index contributed by atoms with van der Waals surface area (Å²) in [6.07, 6.45) is 2.47. The van der Waals surface area contributed by atoms with Crippen LogP contribution in [0.3, 0.4) is 0 Å². The van der Waals surface area contributed by atoms with Gasteiger partial charge in [0.25, 0.3) is 11.1 Å². The highest BCUT2D eigenvalue weighted by Crippen LogP contribution is 2.17. The molecule has 0 atom stereocenters. The quantitative estimate of drug-likeness (QED) is 0.174. The standard InChI is InChI=1S/C17H19N3.2C9H10N4O4/c1-3-7-15(8-4-1)13-20(14-17-18-11-12-19-17)16-9-5-2-6-10-16;2*1-11-7-6(8(16)12(2)9(11)17)13(4-10-7)3-5(14)15/h1-10H,11-14H2,(H,18,19);2*4H,3H2,1-2H3,(H,14,15). The Morgan fingerprint density at radius 3 is 1.57 bits per heavy atom. The smallest absolute Gasteiger partial charge is 0.332 e. The first-order chi connectivity index (χ1) is 25.8. The van der Waals surface area contributed by atoms with E-state index in [1.54, 1.807) is 0 Å². The van der Waals surface area contributed by atoms with Crippen LogP contribution in [0.15, 0.2) is 97.5 Å². The fourth-order valence-corrected chi connectivity index (χ4v) is 5.74. The normalized spacial score (nSPS) is 12.0. The van der Waals surface area contributed by atoms with Crippen LogP contribution in [-0.2, 0) is 57.4 Å². The van der Waals surface area contributed by atoms with Gasteiger partial charge >= 0.3 is 23.3 Å². The van der Waals surface area contributed by atoms with Crippen LogP contribution < -0.4 is 32.7 Å². The van der Waals surface area contributed by atoms with Gasteiger partial charge in [-0.05, 0) is 17.7 Å². The molecule has 54 heavy (non-hydrogen) atoms. The number of carbonyl (C=O) groups is 2. The van der Waals surface area contributed by atoms with Crippen molar-refractivity contribution in [2.45, 2.75) is 19.6 Å². The number of fused-ring (bicyclic) bond motifs is 2. The van der Waals surface area contributed by atoms with Gasteiger partial charge in [0.15, 0.2) is 22.3 Å². The number of benzene rings is 2. The lowest BCUT2D eigenvalue weighted by molar-refractivity contribution is -0.138. The number of aliphatic carboxylic acids is 2. The highest BCUT2D eigenvalue weighted by atomic mass is 16.4. The Kier molecular flexibility index (Phi) is 11.7. The van der Waals surface area contributed by atoms with E-state index < -0.39 is 34.4 Å². The third-order valence-corrected chi connectivity index (χ3v) is 8.47. The first-order valence-corrected chi connectivity index (χ1v) is 16.5. The molecule has 1 aliphatic rings. The van der Waals surface area contributed by atoms with Gasteiger partial charge in [-0.3, -0.25) is 42.4 Å². The fourth-order valence-electron chi connectivity index (χ4n) is 5.74. The number of rotatable bonds is 9. The molecule has 0 unspecified atom stereocenters. The van der Waals surface area contributed by atoms with E-state index in [1.165, 1.54) is 70.4 Å². The van der Waals surface area contributed by atoms with Gasteiger partial charge in [-0.15, -0.1) is 0 Å². The van der Waals surface area contributed by atoms with Gasteiger partial charge in [0.1, 0.15) is 18.9 Å². The SMILES string of the molecule is Cn1c(=O)c2c(ncn2CC(=O)O)n(C)c1=O.Cn1c(=O)c2c(ncn2CC(=O)O)n(C)c1=O.c1ccc(CN(CC2=NCCN2)c2ccccc2)cc1. The molecule has 19 nitrogen and oxygen atoms in total.